The molecule has 0 saturated carbocycles. The van der Waals surface area contributed by atoms with Crippen molar-refractivity contribution in [1.29, 1.82) is 0 Å². The highest BCUT2D eigenvalue weighted by Crippen LogP contribution is 2.28. The second-order valence-electron chi connectivity index (χ2n) is 5.66. The third-order valence-corrected chi connectivity index (χ3v) is 3.93. The summed E-state index contributed by atoms with van der Waals surface area (Å²) in [7, 11) is 1.67. The van der Waals surface area contributed by atoms with Crippen LogP contribution in [-0.4, -0.2) is 16.9 Å². The van der Waals surface area contributed by atoms with Gasteiger partial charge in [0.15, 0.2) is 0 Å². The van der Waals surface area contributed by atoms with Crippen LogP contribution in [0.1, 0.15) is 16.8 Å². The maximum atomic E-state index is 5.81. The smallest absolute Gasteiger partial charge is 0.119 e. The van der Waals surface area contributed by atoms with Gasteiger partial charge < -0.3 is 10.5 Å². The van der Waals surface area contributed by atoms with Crippen molar-refractivity contribution in [2.75, 3.05) is 7.11 Å². The Labute approximate surface area is 136 Å². The van der Waals surface area contributed by atoms with E-state index in [9.17, 15) is 0 Å². The fourth-order valence-corrected chi connectivity index (χ4v) is 2.65. The lowest BCUT2D eigenvalue weighted by atomic mass is 10.1. The van der Waals surface area contributed by atoms with E-state index >= 15 is 0 Å². The molecule has 0 bridgehead atoms. The van der Waals surface area contributed by atoms with Gasteiger partial charge in [-0.2, -0.15) is 5.10 Å². The zero-order chi connectivity index (χ0) is 16.4. The Morgan fingerprint density at radius 1 is 1.09 bits per heavy atom. The molecule has 2 aromatic carbocycles. The summed E-state index contributed by atoms with van der Waals surface area (Å²) in [6, 6.07) is 16.4. The van der Waals surface area contributed by atoms with Crippen LogP contribution in [0.3, 0.4) is 0 Å². The van der Waals surface area contributed by atoms with E-state index in [0.29, 0.717) is 6.54 Å². The highest BCUT2D eigenvalue weighted by Gasteiger charge is 2.13. The number of nitrogens with two attached hydrogens (primary N) is 1. The Morgan fingerprint density at radius 3 is 2.65 bits per heavy atom. The van der Waals surface area contributed by atoms with Gasteiger partial charge in [0, 0.05) is 12.1 Å². The molecule has 0 aliphatic rings. The maximum Gasteiger partial charge on any atom is 0.119 e. The Hall–Kier alpha value is -2.59. The minimum atomic E-state index is 0.412. The number of benzene rings is 2. The predicted molar refractivity (Wildman–Crippen MR) is 92.9 cm³/mol. The molecule has 0 aliphatic carbocycles. The molecule has 1 aromatic heterocycles. The van der Waals surface area contributed by atoms with Gasteiger partial charge in [0.25, 0.3) is 0 Å². The summed E-state index contributed by atoms with van der Waals surface area (Å²) >= 11 is 0. The highest BCUT2D eigenvalue weighted by molar-refractivity contribution is 5.65. The monoisotopic (exact) mass is 307 g/mol. The van der Waals surface area contributed by atoms with E-state index < -0.39 is 0 Å². The zero-order valence-electron chi connectivity index (χ0n) is 13.7. The predicted octanol–water partition coefficient (Wildman–Crippen LogP) is 3.62. The second kappa shape index (κ2) is 6.26. The topological polar surface area (TPSA) is 53.1 Å². The quantitative estimate of drug-likeness (QED) is 0.801. The Bertz CT molecular complexity index is 836. The van der Waals surface area contributed by atoms with E-state index in [4.69, 9.17) is 10.5 Å². The first-order valence-electron chi connectivity index (χ1n) is 7.63. The van der Waals surface area contributed by atoms with Gasteiger partial charge in [0.05, 0.1) is 24.2 Å². The Morgan fingerprint density at radius 2 is 1.91 bits per heavy atom. The number of methoxy groups -OCH3 is 1. The molecule has 3 aromatic rings. The van der Waals surface area contributed by atoms with Crippen molar-refractivity contribution < 1.29 is 4.74 Å². The molecule has 0 aliphatic heterocycles. The molecule has 0 fully saturated rings. The molecule has 0 radical (unpaired) electrons. The molecule has 4 heteroatoms. The fourth-order valence-electron chi connectivity index (χ4n) is 2.65. The van der Waals surface area contributed by atoms with Crippen LogP contribution in [-0.2, 0) is 6.54 Å². The van der Waals surface area contributed by atoms with Gasteiger partial charge in [0.2, 0.25) is 0 Å². The van der Waals surface area contributed by atoms with Crippen molar-refractivity contribution in [3.05, 3.63) is 65.4 Å². The van der Waals surface area contributed by atoms with Gasteiger partial charge in [-0.1, -0.05) is 24.3 Å². The van der Waals surface area contributed by atoms with Crippen LogP contribution in [0.25, 0.3) is 16.9 Å². The standard InChI is InChI=1S/C19H21N3O/c1-13-7-8-14(2)18(9-13)22-19(11-16(12-20)21-22)15-5-4-6-17(10-15)23-3/h4-11H,12,20H2,1-3H3. The van der Waals surface area contributed by atoms with E-state index in [1.807, 2.05) is 28.9 Å². The van der Waals surface area contributed by atoms with Crippen molar-refractivity contribution >= 4 is 0 Å². The lowest BCUT2D eigenvalue weighted by Crippen LogP contribution is -2.04. The lowest BCUT2D eigenvalue weighted by Gasteiger charge is -2.12. The third-order valence-electron chi connectivity index (χ3n) is 3.93. The molecule has 3 rings (SSSR count). The van der Waals surface area contributed by atoms with Gasteiger partial charge in [-0.05, 0) is 49.2 Å². The molecule has 0 unspecified atom stereocenters. The highest BCUT2D eigenvalue weighted by atomic mass is 16.5. The first kappa shape index (κ1) is 15.3. The number of ether oxygens (including phenoxy) is 1. The van der Waals surface area contributed by atoms with Crippen LogP contribution >= 0.6 is 0 Å². The average molecular weight is 307 g/mol. The van der Waals surface area contributed by atoms with Crippen LogP contribution in [0.5, 0.6) is 5.75 Å². The van der Waals surface area contributed by atoms with Crippen LogP contribution in [0, 0.1) is 13.8 Å². The number of hydrogen-bond acceptors (Lipinski definition) is 3. The van der Waals surface area contributed by atoms with Gasteiger partial charge in [-0.25, -0.2) is 4.68 Å². The minimum absolute atomic E-state index is 0.412. The SMILES string of the molecule is COc1cccc(-c2cc(CN)nn2-c2cc(C)ccc2C)c1. The van der Waals surface area contributed by atoms with Crippen molar-refractivity contribution in [2.24, 2.45) is 5.73 Å². The maximum absolute atomic E-state index is 5.81. The molecule has 4 nitrogen and oxygen atoms in total. The summed E-state index contributed by atoms with van der Waals surface area (Å²) in [5, 5.41) is 4.68. The van der Waals surface area contributed by atoms with E-state index in [1.54, 1.807) is 7.11 Å². The zero-order valence-corrected chi connectivity index (χ0v) is 13.7. The first-order valence-corrected chi connectivity index (χ1v) is 7.63. The van der Waals surface area contributed by atoms with Crippen molar-refractivity contribution in [3.8, 4) is 22.7 Å². The average Bonchev–Trinajstić information content (AvgIpc) is 3.01. The van der Waals surface area contributed by atoms with Crippen molar-refractivity contribution in [3.63, 3.8) is 0 Å². The van der Waals surface area contributed by atoms with E-state index in [2.05, 4.69) is 43.2 Å². The molecule has 1 heterocycles. The van der Waals surface area contributed by atoms with Crippen molar-refractivity contribution in [1.82, 2.24) is 9.78 Å². The second-order valence-corrected chi connectivity index (χ2v) is 5.66. The largest absolute Gasteiger partial charge is 0.497 e. The summed E-state index contributed by atoms with van der Waals surface area (Å²) in [6.07, 6.45) is 0. The van der Waals surface area contributed by atoms with Gasteiger partial charge in [0.1, 0.15) is 5.75 Å². The molecule has 0 spiro atoms. The van der Waals surface area contributed by atoms with Crippen LogP contribution in [0.2, 0.25) is 0 Å². The fraction of sp³-hybridized carbons (Fsp3) is 0.211. The summed E-state index contributed by atoms with van der Waals surface area (Å²) < 4.78 is 7.32. The molecule has 0 atom stereocenters. The number of aromatic nitrogens is 2. The summed E-state index contributed by atoms with van der Waals surface area (Å²) in [5.41, 5.74) is 12.2. The van der Waals surface area contributed by atoms with Gasteiger partial charge in [-0.15, -0.1) is 0 Å². The normalized spacial score (nSPS) is 10.8. The number of hydrogen-bond donors (Lipinski definition) is 1. The minimum Gasteiger partial charge on any atom is -0.497 e. The molecule has 118 valence electrons. The molecular weight excluding hydrogens is 286 g/mol. The number of nitrogens with zero attached hydrogens (tertiary/aromatic N) is 2. The lowest BCUT2D eigenvalue weighted by molar-refractivity contribution is 0.415. The van der Waals surface area contributed by atoms with Crippen LogP contribution in [0.15, 0.2) is 48.5 Å². The van der Waals surface area contributed by atoms with Gasteiger partial charge in [-0.3, -0.25) is 0 Å². The summed E-state index contributed by atoms with van der Waals surface area (Å²) in [4.78, 5) is 0. The summed E-state index contributed by atoms with van der Waals surface area (Å²) in [5.74, 6) is 0.825. The molecular formula is C19H21N3O. The third kappa shape index (κ3) is 2.98. The van der Waals surface area contributed by atoms with E-state index in [0.717, 1.165) is 28.4 Å². The first-order chi connectivity index (χ1) is 11.1. The Kier molecular flexibility index (Phi) is 4.17. The molecule has 2 N–H and O–H groups in total. The van der Waals surface area contributed by atoms with E-state index in [1.165, 1.54) is 11.1 Å². The molecule has 23 heavy (non-hydrogen) atoms. The number of rotatable bonds is 4. The Balaban J connectivity index is 2.21. The molecule has 0 saturated heterocycles. The number of aryl methyl sites for hydroxylation is 2. The van der Waals surface area contributed by atoms with Gasteiger partial charge >= 0.3 is 0 Å². The van der Waals surface area contributed by atoms with E-state index in [-0.39, 0.29) is 0 Å². The van der Waals surface area contributed by atoms with Crippen LogP contribution in [0.4, 0.5) is 0 Å². The summed E-state index contributed by atoms with van der Waals surface area (Å²) in [6.45, 7) is 4.59. The van der Waals surface area contributed by atoms with Crippen LogP contribution < -0.4 is 10.5 Å². The molecule has 0 amide bonds. The van der Waals surface area contributed by atoms with Crippen molar-refractivity contribution in [2.45, 2.75) is 20.4 Å².